The minimum absolute atomic E-state index is 0.0746. The van der Waals surface area contributed by atoms with Crippen molar-refractivity contribution >= 4 is 17.7 Å². The molecule has 2 aromatic rings. The Hall–Kier alpha value is -3.22. The Kier molecular flexibility index (Phi) is 5.80. The highest BCUT2D eigenvalue weighted by Crippen LogP contribution is 2.24. The summed E-state index contributed by atoms with van der Waals surface area (Å²) in [5.74, 6) is -0.148. The fourth-order valence-corrected chi connectivity index (χ4v) is 3.10. The zero-order valence-electron chi connectivity index (χ0n) is 15.1. The molecular weight excluding hydrogens is 346 g/mol. The van der Waals surface area contributed by atoms with Crippen LogP contribution in [0, 0.1) is 0 Å². The number of amides is 2. The number of nitrogens with one attached hydrogen (secondary N) is 2. The van der Waals surface area contributed by atoms with E-state index in [4.69, 9.17) is 9.84 Å². The van der Waals surface area contributed by atoms with Gasteiger partial charge in [-0.3, -0.25) is 0 Å². The number of urea groups is 1. The van der Waals surface area contributed by atoms with Gasteiger partial charge in [-0.25, -0.2) is 9.59 Å². The first-order chi connectivity index (χ1) is 13.0. The average Bonchev–Trinajstić information content (AvgIpc) is 3.15. The van der Waals surface area contributed by atoms with E-state index in [0.717, 1.165) is 36.5 Å². The van der Waals surface area contributed by atoms with Gasteiger partial charge >= 0.3 is 12.0 Å². The standard InChI is InChI=1S/C20H23N3O4/c1-27-18-4-2-3-17(11-18)23-10-9-16(13-23)22-20(26)21-12-14-5-7-15(8-6-14)19(24)25/h2-8,11,16H,9-10,12-13H2,1H3,(H,24,25)(H2,21,22,26). The number of nitrogens with zero attached hydrogens (tertiary/aromatic N) is 1. The van der Waals surface area contributed by atoms with Gasteiger partial charge < -0.3 is 25.4 Å². The Balaban J connectivity index is 1.46. The van der Waals surface area contributed by atoms with Crippen LogP contribution in [-0.2, 0) is 6.54 Å². The van der Waals surface area contributed by atoms with Gasteiger partial charge in [0, 0.05) is 37.4 Å². The summed E-state index contributed by atoms with van der Waals surface area (Å²) in [6.45, 7) is 1.96. The normalized spacial score (nSPS) is 16.0. The van der Waals surface area contributed by atoms with Crippen LogP contribution in [0.25, 0.3) is 0 Å². The summed E-state index contributed by atoms with van der Waals surface area (Å²) in [4.78, 5) is 25.2. The van der Waals surface area contributed by atoms with E-state index in [-0.39, 0.29) is 17.6 Å². The molecule has 3 rings (SSSR count). The molecule has 0 aromatic heterocycles. The zero-order chi connectivity index (χ0) is 19.2. The molecule has 7 heteroatoms. The van der Waals surface area contributed by atoms with Crippen LogP contribution in [0.3, 0.4) is 0 Å². The summed E-state index contributed by atoms with van der Waals surface area (Å²) >= 11 is 0. The third kappa shape index (κ3) is 4.91. The number of benzene rings is 2. The van der Waals surface area contributed by atoms with Crippen LogP contribution in [-0.4, -0.2) is 43.3 Å². The van der Waals surface area contributed by atoms with Gasteiger partial charge in [0.15, 0.2) is 0 Å². The summed E-state index contributed by atoms with van der Waals surface area (Å²) in [6.07, 6.45) is 0.873. The summed E-state index contributed by atoms with van der Waals surface area (Å²) in [5, 5.41) is 14.7. The zero-order valence-corrected chi connectivity index (χ0v) is 15.1. The maximum atomic E-state index is 12.1. The Morgan fingerprint density at radius 3 is 2.70 bits per heavy atom. The van der Waals surface area contributed by atoms with E-state index in [0.29, 0.717) is 6.54 Å². The highest BCUT2D eigenvalue weighted by atomic mass is 16.5. The Bertz CT molecular complexity index is 807. The molecule has 1 fully saturated rings. The average molecular weight is 369 g/mol. The molecule has 1 unspecified atom stereocenters. The van der Waals surface area contributed by atoms with Crippen molar-refractivity contribution < 1.29 is 19.4 Å². The predicted octanol–water partition coefficient (Wildman–Crippen LogP) is 2.47. The molecule has 2 amide bonds. The van der Waals surface area contributed by atoms with Crippen LogP contribution in [0.2, 0.25) is 0 Å². The van der Waals surface area contributed by atoms with Crippen LogP contribution in [0.1, 0.15) is 22.3 Å². The van der Waals surface area contributed by atoms with Crippen LogP contribution >= 0.6 is 0 Å². The summed E-state index contributed by atoms with van der Waals surface area (Å²) < 4.78 is 5.26. The minimum atomic E-state index is -0.964. The molecular formula is C20H23N3O4. The van der Waals surface area contributed by atoms with Gasteiger partial charge in [0.05, 0.1) is 12.7 Å². The third-order valence-electron chi connectivity index (χ3n) is 4.60. The molecule has 27 heavy (non-hydrogen) atoms. The summed E-state index contributed by atoms with van der Waals surface area (Å²) in [5.41, 5.74) is 2.16. The molecule has 1 aliphatic heterocycles. The van der Waals surface area contributed by atoms with Gasteiger partial charge in [-0.1, -0.05) is 18.2 Å². The number of carboxylic acid groups (broad SMARTS) is 1. The van der Waals surface area contributed by atoms with Crippen molar-refractivity contribution in [2.75, 3.05) is 25.1 Å². The van der Waals surface area contributed by atoms with Gasteiger partial charge in [0.25, 0.3) is 0 Å². The van der Waals surface area contributed by atoms with Crippen LogP contribution < -0.4 is 20.3 Å². The third-order valence-corrected chi connectivity index (χ3v) is 4.60. The number of ether oxygens (including phenoxy) is 1. The van der Waals surface area contributed by atoms with Gasteiger partial charge in [-0.05, 0) is 36.2 Å². The predicted molar refractivity (Wildman–Crippen MR) is 102 cm³/mol. The number of carbonyl (C=O) groups is 2. The molecule has 1 aliphatic rings. The molecule has 2 aromatic carbocycles. The molecule has 1 atom stereocenters. The number of rotatable bonds is 6. The number of methoxy groups -OCH3 is 1. The molecule has 7 nitrogen and oxygen atoms in total. The number of aromatic carboxylic acids is 1. The van der Waals surface area contributed by atoms with Gasteiger partial charge in [0.2, 0.25) is 0 Å². The van der Waals surface area contributed by atoms with Crippen LogP contribution in [0.15, 0.2) is 48.5 Å². The van der Waals surface area contributed by atoms with Crippen LogP contribution in [0.5, 0.6) is 5.75 Å². The lowest BCUT2D eigenvalue weighted by atomic mass is 10.1. The lowest BCUT2D eigenvalue weighted by Crippen LogP contribution is -2.43. The van der Waals surface area contributed by atoms with Gasteiger partial charge in [-0.15, -0.1) is 0 Å². The van der Waals surface area contributed by atoms with E-state index >= 15 is 0 Å². The van der Waals surface area contributed by atoms with E-state index in [1.165, 1.54) is 12.1 Å². The van der Waals surface area contributed by atoms with Crippen molar-refractivity contribution in [3.05, 3.63) is 59.7 Å². The maximum absolute atomic E-state index is 12.1. The van der Waals surface area contributed by atoms with Gasteiger partial charge in [0.1, 0.15) is 5.75 Å². The highest BCUT2D eigenvalue weighted by molar-refractivity contribution is 5.87. The first-order valence-electron chi connectivity index (χ1n) is 8.81. The van der Waals surface area contributed by atoms with Gasteiger partial charge in [-0.2, -0.15) is 0 Å². The number of carbonyl (C=O) groups excluding carboxylic acids is 1. The molecule has 0 spiro atoms. The molecule has 3 N–H and O–H groups in total. The first-order valence-corrected chi connectivity index (χ1v) is 8.81. The van der Waals surface area contributed by atoms with E-state index in [2.05, 4.69) is 15.5 Å². The fraction of sp³-hybridized carbons (Fsp3) is 0.300. The van der Waals surface area contributed by atoms with Crippen molar-refractivity contribution in [1.29, 1.82) is 0 Å². The lowest BCUT2D eigenvalue weighted by molar-refractivity contribution is 0.0697. The van der Waals surface area contributed by atoms with Crippen molar-refractivity contribution in [2.45, 2.75) is 19.0 Å². The number of hydrogen-bond acceptors (Lipinski definition) is 4. The second kappa shape index (κ2) is 8.44. The molecule has 142 valence electrons. The molecule has 0 bridgehead atoms. The molecule has 0 radical (unpaired) electrons. The highest BCUT2D eigenvalue weighted by Gasteiger charge is 2.24. The van der Waals surface area contributed by atoms with Crippen molar-refractivity contribution in [3.63, 3.8) is 0 Å². The van der Waals surface area contributed by atoms with E-state index < -0.39 is 5.97 Å². The molecule has 0 saturated carbocycles. The van der Waals surface area contributed by atoms with Crippen molar-refractivity contribution in [1.82, 2.24) is 10.6 Å². The first kappa shape index (κ1) is 18.6. The molecule has 1 heterocycles. The van der Waals surface area contributed by atoms with E-state index in [1.807, 2.05) is 24.3 Å². The maximum Gasteiger partial charge on any atom is 0.335 e. The minimum Gasteiger partial charge on any atom is -0.497 e. The quantitative estimate of drug-likeness (QED) is 0.728. The number of hydrogen-bond donors (Lipinski definition) is 3. The second-order valence-electron chi connectivity index (χ2n) is 6.46. The molecule has 1 saturated heterocycles. The smallest absolute Gasteiger partial charge is 0.335 e. The lowest BCUT2D eigenvalue weighted by Gasteiger charge is -2.19. The number of anilines is 1. The SMILES string of the molecule is COc1cccc(N2CCC(NC(=O)NCc3ccc(C(=O)O)cc3)C2)c1. The van der Waals surface area contributed by atoms with E-state index in [1.54, 1.807) is 19.2 Å². The second-order valence-corrected chi connectivity index (χ2v) is 6.46. The Labute approximate surface area is 157 Å². The monoisotopic (exact) mass is 369 g/mol. The van der Waals surface area contributed by atoms with Crippen LogP contribution in [0.4, 0.5) is 10.5 Å². The Morgan fingerprint density at radius 2 is 2.00 bits per heavy atom. The van der Waals surface area contributed by atoms with Crippen molar-refractivity contribution in [3.8, 4) is 5.75 Å². The van der Waals surface area contributed by atoms with Crippen molar-refractivity contribution in [2.24, 2.45) is 0 Å². The number of carboxylic acids is 1. The Morgan fingerprint density at radius 1 is 1.22 bits per heavy atom. The van der Waals surface area contributed by atoms with E-state index in [9.17, 15) is 9.59 Å². The largest absolute Gasteiger partial charge is 0.497 e. The topological polar surface area (TPSA) is 90.9 Å². The summed E-state index contributed by atoms with van der Waals surface area (Å²) in [6, 6.07) is 14.2. The fourth-order valence-electron chi connectivity index (χ4n) is 3.10. The summed E-state index contributed by atoms with van der Waals surface area (Å²) in [7, 11) is 1.65. The molecule has 0 aliphatic carbocycles.